The van der Waals surface area contributed by atoms with Crippen molar-refractivity contribution in [3.63, 3.8) is 0 Å². The molecular formula is C17H24N2O5. The maximum Gasteiger partial charge on any atom is 0.328 e. The van der Waals surface area contributed by atoms with Crippen LogP contribution < -0.4 is 5.32 Å². The molecule has 0 aromatic heterocycles. The first-order chi connectivity index (χ1) is 11.3. The number of nitrogens with zero attached hydrogens (tertiary/aromatic N) is 1. The van der Waals surface area contributed by atoms with Crippen molar-refractivity contribution in [2.24, 2.45) is 11.8 Å². The Kier molecular flexibility index (Phi) is 7.88. The Hall–Kier alpha value is -2.44. The summed E-state index contributed by atoms with van der Waals surface area (Å²) in [6.07, 6.45) is 0.651. The minimum atomic E-state index is -0.846. The minimum Gasteiger partial charge on any atom is -0.467 e. The van der Waals surface area contributed by atoms with E-state index in [1.807, 2.05) is 44.2 Å². The molecule has 0 bridgehead atoms. The van der Waals surface area contributed by atoms with Crippen LogP contribution in [0.4, 0.5) is 0 Å². The molecule has 0 spiro atoms. The van der Waals surface area contributed by atoms with E-state index in [1.165, 1.54) is 7.11 Å². The summed E-state index contributed by atoms with van der Waals surface area (Å²) in [5.74, 6) is -1.73. The van der Waals surface area contributed by atoms with Gasteiger partial charge in [-0.25, -0.2) is 4.79 Å². The lowest BCUT2D eigenvalue weighted by molar-refractivity contribution is -0.485. The number of nitro groups is 1. The van der Waals surface area contributed by atoms with Crippen molar-refractivity contribution >= 4 is 11.9 Å². The average molecular weight is 336 g/mol. The first kappa shape index (κ1) is 19.6. The fourth-order valence-corrected chi connectivity index (χ4v) is 2.44. The van der Waals surface area contributed by atoms with Gasteiger partial charge in [0.25, 0.3) is 0 Å². The van der Waals surface area contributed by atoms with Gasteiger partial charge in [-0.1, -0.05) is 44.2 Å². The SMILES string of the molecule is COC(=O)[C@H](CC(C)C)NC(=O)[C@@H](Cc1ccccc1)C[N+](=O)[O-]. The first-order valence-corrected chi connectivity index (χ1v) is 7.87. The van der Waals surface area contributed by atoms with Crippen LogP contribution in [0.5, 0.6) is 0 Å². The maximum absolute atomic E-state index is 12.5. The van der Waals surface area contributed by atoms with Crippen LogP contribution in [0.15, 0.2) is 30.3 Å². The minimum absolute atomic E-state index is 0.164. The van der Waals surface area contributed by atoms with Crippen LogP contribution in [0.2, 0.25) is 0 Å². The summed E-state index contributed by atoms with van der Waals surface area (Å²) in [4.78, 5) is 34.7. The van der Waals surface area contributed by atoms with Gasteiger partial charge in [0.1, 0.15) is 12.0 Å². The monoisotopic (exact) mass is 336 g/mol. The molecule has 1 N–H and O–H groups in total. The lowest BCUT2D eigenvalue weighted by Crippen LogP contribution is -2.46. The van der Waals surface area contributed by atoms with Crippen LogP contribution in [0.3, 0.4) is 0 Å². The zero-order chi connectivity index (χ0) is 18.1. The summed E-state index contributed by atoms with van der Waals surface area (Å²) < 4.78 is 4.71. The molecule has 24 heavy (non-hydrogen) atoms. The number of hydrogen-bond donors (Lipinski definition) is 1. The third-order valence-electron chi connectivity index (χ3n) is 3.57. The molecule has 0 saturated carbocycles. The number of benzene rings is 1. The van der Waals surface area contributed by atoms with Gasteiger partial charge in [0.05, 0.1) is 7.11 Å². The second-order valence-electron chi connectivity index (χ2n) is 6.12. The molecule has 0 aliphatic rings. The molecule has 7 nitrogen and oxygen atoms in total. The highest BCUT2D eigenvalue weighted by atomic mass is 16.6. The van der Waals surface area contributed by atoms with Crippen LogP contribution >= 0.6 is 0 Å². The number of esters is 1. The number of nitrogens with one attached hydrogen (secondary N) is 1. The second kappa shape index (κ2) is 9.64. The first-order valence-electron chi connectivity index (χ1n) is 7.87. The normalized spacial score (nSPS) is 13.2. The number of hydrogen-bond acceptors (Lipinski definition) is 5. The van der Waals surface area contributed by atoms with Crippen molar-refractivity contribution in [1.29, 1.82) is 0 Å². The predicted octanol–water partition coefficient (Wildman–Crippen LogP) is 1.83. The molecule has 1 aromatic carbocycles. The van der Waals surface area contributed by atoms with E-state index in [4.69, 9.17) is 4.74 Å². The molecule has 0 aliphatic heterocycles. The van der Waals surface area contributed by atoms with Crippen LogP contribution in [0, 0.1) is 22.0 Å². The Morgan fingerprint density at radius 2 is 1.88 bits per heavy atom. The molecule has 0 saturated heterocycles. The van der Waals surface area contributed by atoms with Crippen molar-refractivity contribution in [3.05, 3.63) is 46.0 Å². The molecule has 132 valence electrons. The molecule has 0 heterocycles. The van der Waals surface area contributed by atoms with Crippen LogP contribution in [-0.4, -0.2) is 36.5 Å². The summed E-state index contributed by atoms with van der Waals surface area (Å²) in [6, 6.07) is 8.28. The number of rotatable bonds is 9. The van der Waals surface area contributed by atoms with Crippen LogP contribution in [0.25, 0.3) is 0 Å². The standard InChI is InChI=1S/C17H24N2O5/c1-12(2)9-15(17(21)24-3)18-16(20)14(11-19(22)23)10-13-7-5-4-6-8-13/h4-8,12,14-15H,9-11H2,1-3H3,(H,18,20)/t14-,15-/m0/s1. The molecular weight excluding hydrogens is 312 g/mol. The Morgan fingerprint density at radius 1 is 1.25 bits per heavy atom. The smallest absolute Gasteiger partial charge is 0.328 e. The Bertz CT molecular complexity index is 559. The second-order valence-corrected chi connectivity index (χ2v) is 6.12. The average Bonchev–Trinajstić information content (AvgIpc) is 2.53. The number of carbonyl (C=O) groups is 2. The number of carbonyl (C=O) groups excluding carboxylic acids is 2. The zero-order valence-electron chi connectivity index (χ0n) is 14.2. The van der Waals surface area contributed by atoms with Gasteiger partial charge in [0.2, 0.25) is 12.5 Å². The molecule has 2 atom stereocenters. The van der Waals surface area contributed by atoms with Crippen molar-refractivity contribution in [1.82, 2.24) is 5.32 Å². The third kappa shape index (κ3) is 6.76. The molecule has 0 unspecified atom stereocenters. The predicted molar refractivity (Wildman–Crippen MR) is 88.9 cm³/mol. The summed E-state index contributed by atoms with van der Waals surface area (Å²) in [5.41, 5.74) is 0.831. The van der Waals surface area contributed by atoms with Gasteiger partial charge in [-0.15, -0.1) is 0 Å². The quantitative estimate of drug-likeness (QED) is 0.421. The van der Waals surface area contributed by atoms with E-state index in [0.29, 0.717) is 6.42 Å². The van der Waals surface area contributed by atoms with Crippen LogP contribution in [-0.2, 0) is 20.7 Å². The fraction of sp³-hybridized carbons (Fsp3) is 0.529. The molecule has 0 radical (unpaired) electrons. The largest absolute Gasteiger partial charge is 0.467 e. The number of methoxy groups -OCH3 is 1. The highest BCUT2D eigenvalue weighted by Crippen LogP contribution is 2.12. The van der Waals surface area contributed by atoms with E-state index in [1.54, 1.807) is 0 Å². The number of amides is 1. The van der Waals surface area contributed by atoms with E-state index < -0.39 is 35.3 Å². The van der Waals surface area contributed by atoms with Crippen molar-refractivity contribution < 1.29 is 19.2 Å². The fourth-order valence-electron chi connectivity index (χ4n) is 2.44. The maximum atomic E-state index is 12.5. The van der Waals surface area contributed by atoms with Gasteiger partial charge in [-0.05, 0) is 24.3 Å². The Morgan fingerprint density at radius 3 is 2.38 bits per heavy atom. The van der Waals surface area contributed by atoms with Gasteiger partial charge in [-0.2, -0.15) is 0 Å². The molecule has 1 rings (SSSR count). The van der Waals surface area contributed by atoms with E-state index in [0.717, 1.165) is 5.56 Å². The third-order valence-corrected chi connectivity index (χ3v) is 3.57. The van der Waals surface area contributed by atoms with E-state index in [9.17, 15) is 19.7 Å². The Labute approximate surface area is 141 Å². The Balaban J connectivity index is 2.85. The topological polar surface area (TPSA) is 98.5 Å². The van der Waals surface area contributed by atoms with Crippen molar-refractivity contribution in [2.75, 3.05) is 13.7 Å². The van der Waals surface area contributed by atoms with E-state index in [2.05, 4.69) is 5.32 Å². The van der Waals surface area contributed by atoms with Crippen LogP contribution in [0.1, 0.15) is 25.8 Å². The van der Waals surface area contributed by atoms with Gasteiger partial charge < -0.3 is 10.1 Å². The summed E-state index contributed by atoms with van der Waals surface area (Å²) in [6.45, 7) is 3.34. The van der Waals surface area contributed by atoms with Crippen molar-refractivity contribution in [3.8, 4) is 0 Å². The van der Waals surface area contributed by atoms with Gasteiger partial charge in [-0.3, -0.25) is 14.9 Å². The van der Waals surface area contributed by atoms with Gasteiger partial charge in [0.15, 0.2) is 0 Å². The van der Waals surface area contributed by atoms with Gasteiger partial charge >= 0.3 is 5.97 Å². The lowest BCUT2D eigenvalue weighted by Gasteiger charge is -2.21. The zero-order valence-corrected chi connectivity index (χ0v) is 14.2. The number of ether oxygens (including phenoxy) is 1. The highest BCUT2D eigenvalue weighted by molar-refractivity contribution is 5.85. The molecule has 0 aliphatic carbocycles. The van der Waals surface area contributed by atoms with E-state index >= 15 is 0 Å². The summed E-state index contributed by atoms with van der Waals surface area (Å²) >= 11 is 0. The summed E-state index contributed by atoms with van der Waals surface area (Å²) in [5, 5.41) is 13.5. The molecule has 0 fully saturated rings. The van der Waals surface area contributed by atoms with Gasteiger partial charge in [0, 0.05) is 4.92 Å². The summed E-state index contributed by atoms with van der Waals surface area (Å²) in [7, 11) is 1.25. The van der Waals surface area contributed by atoms with E-state index in [-0.39, 0.29) is 12.3 Å². The molecule has 1 aromatic rings. The highest BCUT2D eigenvalue weighted by Gasteiger charge is 2.29. The molecule has 7 heteroatoms. The lowest BCUT2D eigenvalue weighted by atomic mass is 9.97. The molecule has 1 amide bonds. The van der Waals surface area contributed by atoms with Crippen molar-refractivity contribution in [2.45, 2.75) is 32.7 Å².